The lowest BCUT2D eigenvalue weighted by Crippen LogP contribution is -2.20. The highest BCUT2D eigenvalue weighted by atomic mass is 19.3. The van der Waals surface area contributed by atoms with Crippen LogP contribution in [0, 0.1) is 0 Å². The Kier molecular flexibility index (Phi) is 5.90. The molecule has 0 atom stereocenters. The number of alkyl halides is 2. The average Bonchev–Trinajstić information content (AvgIpc) is 3.13. The first-order valence-corrected chi connectivity index (χ1v) is 8.38. The molecule has 0 radical (unpaired) electrons. The largest absolute Gasteiger partial charge is 0.493 e. The van der Waals surface area contributed by atoms with E-state index in [4.69, 9.17) is 9.47 Å². The third kappa shape index (κ3) is 4.97. The van der Waals surface area contributed by atoms with E-state index in [0.717, 1.165) is 23.3 Å². The van der Waals surface area contributed by atoms with Crippen LogP contribution in [-0.4, -0.2) is 26.2 Å². The van der Waals surface area contributed by atoms with Gasteiger partial charge in [-0.1, -0.05) is 12.1 Å². The number of halogens is 2. The molecule has 0 aliphatic carbocycles. The average molecular weight is 375 g/mol. The highest BCUT2D eigenvalue weighted by Gasteiger charge is 2.12. The highest BCUT2D eigenvalue weighted by Crippen LogP contribution is 2.29. The molecule has 27 heavy (non-hydrogen) atoms. The summed E-state index contributed by atoms with van der Waals surface area (Å²) in [6, 6.07) is 10.3. The van der Waals surface area contributed by atoms with Crippen molar-refractivity contribution >= 4 is 12.0 Å². The summed E-state index contributed by atoms with van der Waals surface area (Å²) in [4.78, 5) is 12.0. The standard InChI is InChI=1S/C20H19F2NO4/c1-25-18-11-14(3-6-17(18)27-20(21)22)12-23-19(24)7-4-13-2-5-16-15(10-13)8-9-26-16/h2-7,10-11,20H,8-9,12H2,1H3,(H,23,24)/b7-4+. The molecule has 1 aliphatic rings. The molecule has 0 bridgehead atoms. The molecule has 7 heteroatoms. The van der Waals surface area contributed by atoms with Crippen LogP contribution in [0.25, 0.3) is 6.08 Å². The van der Waals surface area contributed by atoms with Crippen molar-refractivity contribution in [3.05, 3.63) is 59.2 Å². The second-order valence-corrected chi connectivity index (χ2v) is 5.88. The summed E-state index contributed by atoms with van der Waals surface area (Å²) in [7, 11) is 1.36. The molecule has 3 rings (SSSR count). The van der Waals surface area contributed by atoms with E-state index in [-0.39, 0.29) is 24.0 Å². The van der Waals surface area contributed by atoms with Crippen molar-refractivity contribution in [2.75, 3.05) is 13.7 Å². The number of ether oxygens (including phenoxy) is 3. The topological polar surface area (TPSA) is 56.8 Å². The lowest BCUT2D eigenvalue weighted by atomic mass is 10.1. The van der Waals surface area contributed by atoms with Gasteiger partial charge in [0.1, 0.15) is 5.75 Å². The quantitative estimate of drug-likeness (QED) is 0.752. The number of hydrogen-bond donors (Lipinski definition) is 1. The van der Waals surface area contributed by atoms with Gasteiger partial charge in [0.25, 0.3) is 0 Å². The van der Waals surface area contributed by atoms with E-state index >= 15 is 0 Å². The van der Waals surface area contributed by atoms with Crippen LogP contribution in [0.1, 0.15) is 16.7 Å². The summed E-state index contributed by atoms with van der Waals surface area (Å²) in [5, 5.41) is 2.74. The lowest BCUT2D eigenvalue weighted by molar-refractivity contribution is -0.116. The fraction of sp³-hybridized carbons (Fsp3) is 0.250. The van der Waals surface area contributed by atoms with Crippen LogP contribution in [0.5, 0.6) is 17.2 Å². The molecule has 0 saturated heterocycles. The molecule has 1 heterocycles. The lowest BCUT2D eigenvalue weighted by Gasteiger charge is -2.11. The summed E-state index contributed by atoms with van der Waals surface area (Å²) in [5.74, 6) is 0.754. The number of carbonyl (C=O) groups excluding carboxylic acids is 1. The number of rotatable bonds is 7. The minimum Gasteiger partial charge on any atom is -0.493 e. The summed E-state index contributed by atoms with van der Waals surface area (Å²) < 4.78 is 39.5. The van der Waals surface area contributed by atoms with Crippen molar-refractivity contribution in [3.63, 3.8) is 0 Å². The van der Waals surface area contributed by atoms with Crippen LogP contribution in [0.3, 0.4) is 0 Å². The number of amides is 1. The maximum atomic E-state index is 12.3. The predicted octanol–water partition coefficient (Wildman–Crippen LogP) is 3.56. The molecule has 1 aliphatic heterocycles. The van der Waals surface area contributed by atoms with Crippen LogP contribution in [0.2, 0.25) is 0 Å². The van der Waals surface area contributed by atoms with Gasteiger partial charge in [-0.2, -0.15) is 8.78 Å². The first kappa shape index (κ1) is 18.7. The second-order valence-electron chi connectivity index (χ2n) is 5.88. The Hall–Kier alpha value is -3.09. The maximum absolute atomic E-state index is 12.3. The van der Waals surface area contributed by atoms with E-state index in [1.54, 1.807) is 18.2 Å². The van der Waals surface area contributed by atoms with E-state index in [0.29, 0.717) is 12.2 Å². The van der Waals surface area contributed by atoms with Crippen molar-refractivity contribution in [1.29, 1.82) is 0 Å². The summed E-state index contributed by atoms with van der Waals surface area (Å²) in [6.45, 7) is -2.01. The van der Waals surface area contributed by atoms with E-state index in [2.05, 4.69) is 10.1 Å². The second kappa shape index (κ2) is 8.53. The van der Waals surface area contributed by atoms with Crippen molar-refractivity contribution in [2.45, 2.75) is 19.6 Å². The first-order valence-electron chi connectivity index (χ1n) is 8.38. The molecule has 0 unspecified atom stereocenters. The summed E-state index contributed by atoms with van der Waals surface area (Å²) >= 11 is 0. The van der Waals surface area contributed by atoms with Crippen LogP contribution in [0.4, 0.5) is 8.78 Å². The Morgan fingerprint density at radius 2 is 2.11 bits per heavy atom. The molecule has 2 aromatic carbocycles. The molecule has 0 spiro atoms. The minimum atomic E-state index is -2.93. The van der Waals surface area contributed by atoms with Crippen molar-refractivity contribution in [3.8, 4) is 17.2 Å². The SMILES string of the molecule is COc1cc(CNC(=O)/C=C/c2ccc3c(c2)CCO3)ccc1OC(F)F. The van der Waals surface area contributed by atoms with E-state index in [1.165, 1.54) is 19.3 Å². The molecule has 1 N–H and O–H groups in total. The molecule has 5 nitrogen and oxygen atoms in total. The van der Waals surface area contributed by atoms with Gasteiger partial charge in [-0.15, -0.1) is 0 Å². The molecule has 1 amide bonds. The Balaban J connectivity index is 1.57. The maximum Gasteiger partial charge on any atom is 0.387 e. The Bertz CT molecular complexity index is 852. The normalized spacial score (nSPS) is 12.7. The van der Waals surface area contributed by atoms with Gasteiger partial charge in [0.2, 0.25) is 5.91 Å². The molecule has 2 aromatic rings. The van der Waals surface area contributed by atoms with Crippen molar-refractivity contribution in [1.82, 2.24) is 5.32 Å². The van der Waals surface area contributed by atoms with E-state index < -0.39 is 6.61 Å². The number of fused-ring (bicyclic) bond motifs is 1. The van der Waals surface area contributed by atoms with Gasteiger partial charge >= 0.3 is 6.61 Å². The van der Waals surface area contributed by atoms with Crippen LogP contribution in [0.15, 0.2) is 42.5 Å². The van der Waals surface area contributed by atoms with Gasteiger partial charge < -0.3 is 19.5 Å². The third-order valence-electron chi connectivity index (χ3n) is 4.05. The van der Waals surface area contributed by atoms with E-state index in [1.807, 2.05) is 18.2 Å². The number of carbonyl (C=O) groups is 1. The summed E-state index contributed by atoms with van der Waals surface area (Å²) in [5.41, 5.74) is 2.75. The highest BCUT2D eigenvalue weighted by molar-refractivity contribution is 5.91. The van der Waals surface area contributed by atoms with Crippen LogP contribution >= 0.6 is 0 Å². The van der Waals surface area contributed by atoms with Gasteiger partial charge in [0, 0.05) is 19.0 Å². The predicted molar refractivity (Wildman–Crippen MR) is 96.1 cm³/mol. The third-order valence-corrected chi connectivity index (χ3v) is 4.05. The fourth-order valence-corrected chi connectivity index (χ4v) is 2.75. The van der Waals surface area contributed by atoms with Crippen molar-refractivity contribution in [2.24, 2.45) is 0 Å². The monoisotopic (exact) mass is 375 g/mol. The van der Waals surface area contributed by atoms with Crippen LogP contribution < -0.4 is 19.5 Å². The zero-order chi connectivity index (χ0) is 19.2. The minimum absolute atomic E-state index is 0.0527. The smallest absolute Gasteiger partial charge is 0.387 e. The fourth-order valence-electron chi connectivity index (χ4n) is 2.75. The number of hydrogen-bond acceptors (Lipinski definition) is 4. The van der Waals surface area contributed by atoms with Gasteiger partial charge in [0.15, 0.2) is 11.5 Å². The Labute approximate surface area is 155 Å². The molecule has 0 aromatic heterocycles. The van der Waals surface area contributed by atoms with Gasteiger partial charge in [-0.3, -0.25) is 4.79 Å². The zero-order valence-corrected chi connectivity index (χ0v) is 14.7. The molecule has 0 saturated carbocycles. The number of methoxy groups -OCH3 is 1. The van der Waals surface area contributed by atoms with E-state index in [9.17, 15) is 13.6 Å². The number of nitrogens with one attached hydrogen (secondary N) is 1. The van der Waals surface area contributed by atoms with Gasteiger partial charge in [-0.25, -0.2) is 0 Å². The molecular formula is C20H19F2NO4. The molecule has 0 fully saturated rings. The van der Waals surface area contributed by atoms with Crippen LogP contribution in [-0.2, 0) is 17.8 Å². The Morgan fingerprint density at radius 1 is 1.26 bits per heavy atom. The first-order chi connectivity index (χ1) is 13.0. The summed E-state index contributed by atoms with van der Waals surface area (Å²) in [6.07, 6.45) is 4.05. The van der Waals surface area contributed by atoms with Gasteiger partial charge in [-0.05, 0) is 47.0 Å². The van der Waals surface area contributed by atoms with Gasteiger partial charge in [0.05, 0.1) is 13.7 Å². The Morgan fingerprint density at radius 3 is 2.89 bits per heavy atom. The molecule has 142 valence electrons. The molecular weight excluding hydrogens is 356 g/mol. The number of benzene rings is 2. The zero-order valence-electron chi connectivity index (χ0n) is 14.7. The van der Waals surface area contributed by atoms with Crippen molar-refractivity contribution < 1.29 is 27.8 Å².